The van der Waals surface area contributed by atoms with Crippen LogP contribution in [0.4, 0.5) is 0 Å². The number of aliphatic hydroxyl groups is 1. The molecule has 0 fully saturated rings. The molecule has 9 nitrogen and oxygen atoms in total. The van der Waals surface area contributed by atoms with E-state index < -0.39 is 35.6 Å². The number of carboxylic acid groups (broad SMARTS) is 1. The molecule has 0 aliphatic heterocycles. The van der Waals surface area contributed by atoms with Crippen molar-refractivity contribution in [2.24, 2.45) is 11.8 Å². The lowest BCUT2D eigenvalue weighted by molar-refractivity contribution is -0.142. The molecule has 34 heavy (non-hydrogen) atoms. The third kappa shape index (κ3) is 7.01. The summed E-state index contributed by atoms with van der Waals surface area (Å²) in [4.78, 5) is 45.0. The molecule has 0 saturated carbocycles. The van der Waals surface area contributed by atoms with Crippen LogP contribution in [0.2, 0.25) is 0 Å². The number of hydrogen-bond acceptors (Lipinski definition) is 7. The Kier molecular flexibility index (Phi) is 10.7. The van der Waals surface area contributed by atoms with E-state index in [2.05, 4.69) is 16.2 Å². The number of thiazole rings is 1. The van der Waals surface area contributed by atoms with E-state index in [1.807, 2.05) is 20.8 Å². The van der Waals surface area contributed by atoms with Gasteiger partial charge in [-0.25, -0.2) is 9.78 Å². The Hall–Kier alpha value is -2.48. The second-order valence-corrected chi connectivity index (χ2v) is 10.4. The monoisotopic (exact) mass is 494 g/mol. The van der Waals surface area contributed by atoms with Crippen LogP contribution in [0.1, 0.15) is 69.1 Å². The first-order valence-electron chi connectivity index (χ1n) is 11.3. The average Bonchev–Trinajstić information content (AvgIpc) is 3.26. The van der Waals surface area contributed by atoms with Gasteiger partial charge in [0, 0.05) is 30.8 Å². The highest BCUT2D eigenvalue weighted by atomic mass is 32.1. The maximum atomic E-state index is 13.6. The summed E-state index contributed by atoms with van der Waals surface area (Å²) in [6, 6.07) is -1.33. The summed E-state index contributed by atoms with van der Waals surface area (Å²) < 4.78 is 0. The first-order valence-corrected chi connectivity index (χ1v) is 12.1. The first kappa shape index (κ1) is 29.6. The van der Waals surface area contributed by atoms with E-state index in [1.54, 1.807) is 39.9 Å². The Labute approximate surface area is 206 Å². The van der Waals surface area contributed by atoms with Gasteiger partial charge in [0.2, 0.25) is 11.8 Å². The zero-order valence-corrected chi connectivity index (χ0v) is 22.1. The van der Waals surface area contributed by atoms with Gasteiger partial charge in [0.25, 0.3) is 0 Å². The molecule has 0 aromatic carbocycles. The van der Waals surface area contributed by atoms with Gasteiger partial charge < -0.3 is 20.4 Å². The maximum absolute atomic E-state index is 13.6. The molecule has 0 radical (unpaired) electrons. The summed E-state index contributed by atoms with van der Waals surface area (Å²) in [5.41, 5.74) is -0.986. The van der Waals surface area contributed by atoms with Crippen molar-refractivity contribution in [1.29, 1.82) is 0 Å². The van der Waals surface area contributed by atoms with Crippen LogP contribution in [-0.4, -0.2) is 81.5 Å². The molecule has 10 heteroatoms. The number of hydrogen-bond donors (Lipinski definition) is 3. The van der Waals surface area contributed by atoms with Gasteiger partial charge in [-0.2, -0.15) is 0 Å². The molecule has 0 saturated heterocycles. The molecule has 1 rings (SSSR count). The van der Waals surface area contributed by atoms with Crippen LogP contribution in [0.15, 0.2) is 5.38 Å². The number of carbonyl (C=O) groups excluding carboxylic acids is 2. The fourth-order valence-corrected chi connectivity index (χ4v) is 4.22. The largest absolute Gasteiger partial charge is 0.476 e. The van der Waals surface area contributed by atoms with Crippen molar-refractivity contribution in [3.05, 3.63) is 16.1 Å². The number of nitrogens with zero attached hydrogens (tertiary/aromatic N) is 3. The highest BCUT2D eigenvalue weighted by molar-refractivity contribution is 7.09. The quantitative estimate of drug-likeness (QED) is 0.381. The van der Waals surface area contributed by atoms with E-state index in [0.29, 0.717) is 6.42 Å². The van der Waals surface area contributed by atoms with Crippen molar-refractivity contribution in [1.82, 2.24) is 20.1 Å². The fourth-order valence-electron chi connectivity index (χ4n) is 3.43. The van der Waals surface area contributed by atoms with Gasteiger partial charge in [0.1, 0.15) is 17.2 Å². The van der Waals surface area contributed by atoms with Crippen molar-refractivity contribution >= 4 is 29.1 Å². The minimum atomic E-state index is -1.17. The van der Waals surface area contributed by atoms with E-state index in [1.165, 1.54) is 10.3 Å². The van der Waals surface area contributed by atoms with Gasteiger partial charge in [-0.3, -0.25) is 14.5 Å². The number of carboxylic acids is 1. The van der Waals surface area contributed by atoms with Gasteiger partial charge in [0.15, 0.2) is 5.69 Å². The van der Waals surface area contributed by atoms with Crippen molar-refractivity contribution < 1.29 is 24.6 Å². The molecule has 2 amide bonds. The molecule has 0 spiro atoms. The van der Waals surface area contributed by atoms with Crippen LogP contribution in [0.5, 0.6) is 0 Å². The summed E-state index contributed by atoms with van der Waals surface area (Å²) in [6.45, 7) is 9.23. The summed E-state index contributed by atoms with van der Waals surface area (Å²) in [5, 5.41) is 24.3. The van der Waals surface area contributed by atoms with E-state index in [-0.39, 0.29) is 34.9 Å². The molecular weight excluding hydrogens is 456 g/mol. The third-order valence-electron chi connectivity index (χ3n) is 6.39. The summed E-state index contributed by atoms with van der Waals surface area (Å²) >= 11 is 1.06. The number of carbonyl (C=O) groups is 3. The lowest BCUT2D eigenvalue weighted by atomic mass is 9.91. The summed E-state index contributed by atoms with van der Waals surface area (Å²) in [5.74, 6) is 0.261. The van der Waals surface area contributed by atoms with Gasteiger partial charge in [-0.1, -0.05) is 20.8 Å². The third-order valence-corrected chi connectivity index (χ3v) is 7.33. The predicted octanol–water partition coefficient (Wildman–Crippen LogP) is 2.23. The topological polar surface area (TPSA) is 123 Å². The van der Waals surface area contributed by atoms with Gasteiger partial charge in [-0.05, 0) is 40.3 Å². The highest BCUT2D eigenvalue weighted by Gasteiger charge is 2.38. The molecule has 3 N–H and O–H groups in total. The normalized spacial score (nSPS) is 15.4. The molecule has 0 aliphatic carbocycles. The Balaban J connectivity index is 3.18. The molecule has 190 valence electrons. The van der Waals surface area contributed by atoms with Crippen LogP contribution in [0, 0.1) is 24.2 Å². The predicted molar refractivity (Wildman–Crippen MR) is 132 cm³/mol. The first-order chi connectivity index (χ1) is 15.7. The Morgan fingerprint density at radius 2 is 1.85 bits per heavy atom. The van der Waals surface area contributed by atoms with Crippen molar-refractivity contribution in [2.75, 3.05) is 21.1 Å². The standard InChI is InChI=1S/C24H38N4O5S/c1-10-15(11-2)19(26-23(33)24(5,6)27(7)8)21(30)28(9)17(14(3)4)12-18(29)20-25-16(13-34-20)22(31)32/h1,13-15,17-19,29H,11-12H2,2-9H3,(H,26,33)(H,31,32)/t15-,17+,18+,19-/m0/s1. The van der Waals surface area contributed by atoms with Gasteiger partial charge in [0.05, 0.1) is 5.54 Å². The van der Waals surface area contributed by atoms with Gasteiger partial charge >= 0.3 is 5.97 Å². The van der Waals surface area contributed by atoms with E-state index in [4.69, 9.17) is 11.5 Å². The van der Waals surface area contributed by atoms with Crippen LogP contribution >= 0.6 is 11.3 Å². The number of aromatic nitrogens is 1. The van der Waals surface area contributed by atoms with Crippen LogP contribution in [-0.2, 0) is 9.59 Å². The molecule has 1 heterocycles. The lowest BCUT2D eigenvalue weighted by Crippen LogP contribution is -2.60. The Morgan fingerprint density at radius 3 is 2.26 bits per heavy atom. The molecule has 1 aromatic heterocycles. The molecule has 0 unspecified atom stereocenters. The minimum absolute atomic E-state index is 0.0389. The number of aromatic carboxylic acids is 1. The molecule has 4 atom stereocenters. The second-order valence-electron chi connectivity index (χ2n) is 9.47. The Morgan fingerprint density at radius 1 is 1.26 bits per heavy atom. The van der Waals surface area contributed by atoms with Crippen LogP contribution in [0.25, 0.3) is 0 Å². The van der Waals surface area contributed by atoms with Crippen LogP contribution in [0.3, 0.4) is 0 Å². The van der Waals surface area contributed by atoms with E-state index in [9.17, 15) is 19.5 Å². The second kappa shape index (κ2) is 12.3. The maximum Gasteiger partial charge on any atom is 0.355 e. The van der Waals surface area contributed by atoms with E-state index >= 15 is 0 Å². The molecule has 0 aliphatic rings. The van der Waals surface area contributed by atoms with Gasteiger partial charge in [-0.15, -0.1) is 23.7 Å². The SMILES string of the molecule is C#C[C@@H](CC)[C@H](NC(=O)C(C)(C)N(C)C)C(=O)N(C)[C@H](C[C@@H](O)c1nc(C(=O)O)cs1)C(C)C. The van der Waals surface area contributed by atoms with E-state index in [0.717, 1.165) is 11.3 Å². The number of aliphatic hydroxyl groups excluding tert-OH is 1. The highest BCUT2D eigenvalue weighted by Crippen LogP contribution is 2.28. The molecule has 0 bridgehead atoms. The zero-order chi connectivity index (χ0) is 26.4. The number of amides is 2. The van der Waals surface area contributed by atoms with Crippen molar-refractivity contribution in [3.63, 3.8) is 0 Å². The Bertz CT molecular complexity index is 905. The number of nitrogens with one attached hydrogen (secondary N) is 1. The summed E-state index contributed by atoms with van der Waals surface area (Å²) in [6.07, 6.45) is 5.31. The summed E-state index contributed by atoms with van der Waals surface area (Å²) in [7, 11) is 5.20. The average molecular weight is 495 g/mol. The minimum Gasteiger partial charge on any atom is -0.476 e. The molecule has 1 aromatic rings. The lowest BCUT2D eigenvalue weighted by Gasteiger charge is -2.38. The van der Waals surface area contributed by atoms with Crippen LogP contribution < -0.4 is 5.32 Å². The van der Waals surface area contributed by atoms with Crippen molar-refractivity contribution in [2.45, 2.75) is 71.2 Å². The smallest absolute Gasteiger partial charge is 0.355 e. The zero-order valence-electron chi connectivity index (χ0n) is 21.3. The fraction of sp³-hybridized carbons (Fsp3) is 0.667. The number of rotatable bonds is 12. The van der Waals surface area contributed by atoms with Crippen molar-refractivity contribution in [3.8, 4) is 12.3 Å². The number of likely N-dealkylation sites (N-methyl/N-ethyl adjacent to an activating group) is 2. The number of terminal acetylenes is 1. The molecular formula is C24H38N4O5S.